The Morgan fingerprint density at radius 3 is 3.00 bits per heavy atom. The number of nitro groups is 1. The third-order valence-electron chi connectivity index (χ3n) is 3.24. The second-order valence-corrected chi connectivity index (χ2v) is 5.73. The lowest BCUT2D eigenvalue weighted by atomic mass is 10.1. The monoisotopic (exact) mass is 281 g/mol. The molecule has 6 heteroatoms. The first-order valence-electron chi connectivity index (χ1n) is 6.50. The van der Waals surface area contributed by atoms with Gasteiger partial charge < -0.3 is 10.2 Å². The first kappa shape index (κ1) is 14.0. The van der Waals surface area contributed by atoms with Crippen LogP contribution >= 0.6 is 11.8 Å². The predicted octanol–water partition coefficient (Wildman–Crippen LogP) is 2.97. The predicted molar refractivity (Wildman–Crippen MR) is 81.4 cm³/mol. The van der Waals surface area contributed by atoms with Crippen molar-refractivity contribution < 1.29 is 4.92 Å². The van der Waals surface area contributed by atoms with Crippen molar-refractivity contribution in [3.63, 3.8) is 0 Å². The van der Waals surface area contributed by atoms with Crippen LogP contribution in [0, 0.1) is 10.1 Å². The van der Waals surface area contributed by atoms with Crippen LogP contribution in [0.15, 0.2) is 18.2 Å². The maximum atomic E-state index is 11.4. The van der Waals surface area contributed by atoms with Crippen LogP contribution < -0.4 is 10.2 Å². The SMILES string of the molecule is CCNc1cccc(N2CCSCC2C)c1[N+](=O)[O-]. The van der Waals surface area contributed by atoms with Crippen molar-refractivity contribution in [1.29, 1.82) is 0 Å². The zero-order valence-corrected chi connectivity index (χ0v) is 12.1. The summed E-state index contributed by atoms with van der Waals surface area (Å²) < 4.78 is 0. The molecule has 0 aliphatic carbocycles. The van der Waals surface area contributed by atoms with E-state index >= 15 is 0 Å². The van der Waals surface area contributed by atoms with Crippen molar-refractivity contribution in [1.82, 2.24) is 0 Å². The number of nitrogens with one attached hydrogen (secondary N) is 1. The second-order valence-electron chi connectivity index (χ2n) is 4.58. The van der Waals surface area contributed by atoms with E-state index in [4.69, 9.17) is 0 Å². The number of anilines is 2. The molecule has 1 aromatic rings. The maximum absolute atomic E-state index is 11.4. The minimum absolute atomic E-state index is 0.197. The fourth-order valence-electron chi connectivity index (χ4n) is 2.37. The molecule has 0 bridgehead atoms. The van der Waals surface area contributed by atoms with E-state index in [9.17, 15) is 10.1 Å². The van der Waals surface area contributed by atoms with Gasteiger partial charge in [0.2, 0.25) is 0 Å². The number of nitro benzene ring substituents is 1. The van der Waals surface area contributed by atoms with Crippen molar-refractivity contribution >= 4 is 28.8 Å². The molecule has 2 rings (SSSR count). The van der Waals surface area contributed by atoms with Gasteiger partial charge in [-0.25, -0.2) is 0 Å². The van der Waals surface area contributed by atoms with Gasteiger partial charge in [0.1, 0.15) is 11.4 Å². The van der Waals surface area contributed by atoms with E-state index in [1.54, 1.807) is 6.07 Å². The van der Waals surface area contributed by atoms with Gasteiger partial charge in [-0.05, 0) is 26.0 Å². The molecule has 0 saturated carbocycles. The van der Waals surface area contributed by atoms with Gasteiger partial charge in [0.05, 0.1) is 4.92 Å². The molecule has 1 aliphatic heterocycles. The fourth-order valence-corrected chi connectivity index (χ4v) is 3.39. The third kappa shape index (κ3) is 2.94. The Labute approximate surface area is 117 Å². The Bertz CT molecular complexity index is 467. The summed E-state index contributed by atoms with van der Waals surface area (Å²) >= 11 is 1.90. The summed E-state index contributed by atoms with van der Waals surface area (Å²) in [6, 6.07) is 5.84. The quantitative estimate of drug-likeness (QED) is 0.679. The van der Waals surface area contributed by atoms with Gasteiger partial charge in [-0.2, -0.15) is 11.8 Å². The summed E-state index contributed by atoms with van der Waals surface area (Å²) in [5, 5.41) is 14.5. The highest BCUT2D eigenvalue weighted by atomic mass is 32.2. The zero-order chi connectivity index (χ0) is 13.8. The summed E-state index contributed by atoms with van der Waals surface area (Å²) in [5.74, 6) is 2.04. The van der Waals surface area contributed by atoms with Crippen LogP contribution in [0.5, 0.6) is 0 Å². The van der Waals surface area contributed by atoms with Crippen LogP contribution in [-0.4, -0.2) is 35.6 Å². The lowest BCUT2D eigenvalue weighted by Crippen LogP contribution is -2.40. The zero-order valence-electron chi connectivity index (χ0n) is 11.3. The third-order valence-corrected chi connectivity index (χ3v) is 4.43. The molecular formula is C13H19N3O2S. The molecular weight excluding hydrogens is 262 g/mol. The normalized spacial score (nSPS) is 19.3. The maximum Gasteiger partial charge on any atom is 0.315 e. The highest BCUT2D eigenvalue weighted by molar-refractivity contribution is 7.99. The van der Waals surface area contributed by atoms with Gasteiger partial charge in [-0.15, -0.1) is 0 Å². The summed E-state index contributed by atoms with van der Waals surface area (Å²) in [6.07, 6.45) is 0. The summed E-state index contributed by atoms with van der Waals surface area (Å²) in [4.78, 5) is 13.3. The van der Waals surface area contributed by atoms with Crippen molar-refractivity contribution in [2.24, 2.45) is 0 Å². The van der Waals surface area contributed by atoms with Crippen LogP contribution in [0.3, 0.4) is 0 Å². The van der Waals surface area contributed by atoms with E-state index in [-0.39, 0.29) is 10.6 Å². The van der Waals surface area contributed by atoms with Crippen LogP contribution in [-0.2, 0) is 0 Å². The van der Waals surface area contributed by atoms with Crippen molar-refractivity contribution in [2.45, 2.75) is 19.9 Å². The first-order valence-corrected chi connectivity index (χ1v) is 7.66. The van der Waals surface area contributed by atoms with Crippen LogP contribution in [0.1, 0.15) is 13.8 Å². The van der Waals surface area contributed by atoms with E-state index in [1.807, 2.05) is 30.8 Å². The largest absolute Gasteiger partial charge is 0.380 e. The van der Waals surface area contributed by atoms with Crippen molar-refractivity contribution in [3.05, 3.63) is 28.3 Å². The van der Waals surface area contributed by atoms with Gasteiger partial charge in [0.15, 0.2) is 0 Å². The lowest BCUT2D eigenvalue weighted by Gasteiger charge is -2.34. The van der Waals surface area contributed by atoms with Crippen LogP contribution in [0.4, 0.5) is 17.1 Å². The van der Waals surface area contributed by atoms with E-state index in [0.29, 0.717) is 18.3 Å². The Morgan fingerprint density at radius 2 is 2.37 bits per heavy atom. The highest BCUT2D eigenvalue weighted by Gasteiger charge is 2.28. The molecule has 1 heterocycles. The van der Waals surface area contributed by atoms with E-state index in [1.165, 1.54) is 0 Å². The number of para-hydroxylation sites is 1. The molecule has 0 aromatic heterocycles. The number of rotatable bonds is 4. The Morgan fingerprint density at radius 1 is 1.58 bits per heavy atom. The summed E-state index contributed by atoms with van der Waals surface area (Å²) in [6.45, 7) is 5.60. The average molecular weight is 281 g/mol. The fraction of sp³-hybridized carbons (Fsp3) is 0.538. The highest BCUT2D eigenvalue weighted by Crippen LogP contribution is 2.37. The Kier molecular flexibility index (Phi) is 4.52. The van der Waals surface area contributed by atoms with Gasteiger partial charge in [0, 0.05) is 30.6 Å². The molecule has 0 radical (unpaired) electrons. The minimum atomic E-state index is -0.276. The number of hydrogen-bond donors (Lipinski definition) is 1. The molecule has 1 aromatic carbocycles. The molecule has 104 valence electrons. The van der Waals surface area contributed by atoms with Crippen molar-refractivity contribution in [2.75, 3.05) is 34.8 Å². The average Bonchev–Trinajstić information content (AvgIpc) is 2.39. The molecule has 0 spiro atoms. The van der Waals surface area contributed by atoms with Gasteiger partial charge in [-0.3, -0.25) is 10.1 Å². The van der Waals surface area contributed by atoms with Crippen LogP contribution in [0.2, 0.25) is 0 Å². The lowest BCUT2D eigenvalue weighted by molar-refractivity contribution is -0.383. The molecule has 1 saturated heterocycles. The number of benzene rings is 1. The molecule has 1 atom stereocenters. The number of nitrogens with zero attached hydrogens (tertiary/aromatic N) is 2. The molecule has 0 amide bonds. The molecule has 1 unspecified atom stereocenters. The molecule has 1 N–H and O–H groups in total. The van der Waals surface area contributed by atoms with Gasteiger partial charge in [0.25, 0.3) is 0 Å². The minimum Gasteiger partial charge on any atom is -0.380 e. The van der Waals surface area contributed by atoms with Crippen LogP contribution in [0.25, 0.3) is 0 Å². The molecule has 5 nitrogen and oxygen atoms in total. The molecule has 1 aliphatic rings. The smallest absolute Gasteiger partial charge is 0.315 e. The van der Waals surface area contributed by atoms with Gasteiger partial charge in [-0.1, -0.05) is 6.07 Å². The van der Waals surface area contributed by atoms with E-state index in [2.05, 4.69) is 17.1 Å². The van der Waals surface area contributed by atoms with Crippen molar-refractivity contribution in [3.8, 4) is 0 Å². The summed E-state index contributed by atoms with van der Waals surface area (Å²) in [7, 11) is 0. The first-order chi connectivity index (χ1) is 9.15. The Balaban J connectivity index is 2.43. The molecule has 1 fully saturated rings. The van der Waals surface area contributed by atoms with Gasteiger partial charge >= 0.3 is 5.69 Å². The number of hydrogen-bond acceptors (Lipinski definition) is 5. The standard InChI is InChI=1S/C13H19N3O2S/c1-3-14-11-5-4-6-12(13(11)16(17)18)15-7-8-19-9-10(15)2/h4-6,10,14H,3,7-9H2,1-2H3. The summed E-state index contributed by atoms with van der Waals surface area (Å²) in [5.41, 5.74) is 1.54. The van der Waals surface area contributed by atoms with E-state index in [0.717, 1.165) is 23.7 Å². The second kappa shape index (κ2) is 6.14. The van der Waals surface area contributed by atoms with E-state index < -0.39 is 0 Å². The number of thioether (sulfide) groups is 1. The topological polar surface area (TPSA) is 58.4 Å². The Hall–Kier alpha value is -1.43. The molecule has 19 heavy (non-hydrogen) atoms.